The van der Waals surface area contributed by atoms with E-state index in [-0.39, 0.29) is 17.6 Å². The van der Waals surface area contributed by atoms with Gasteiger partial charge in [-0.05, 0) is 39.3 Å². The molecule has 16 heavy (non-hydrogen) atoms. The Bertz CT molecular complexity index is 434. The van der Waals surface area contributed by atoms with E-state index in [2.05, 4.69) is 0 Å². The van der Waals surface area contributed by atoms with E-state index in [9.17, 15) is 9.59 Å². The van der Waals surface area contributed by atoms with Gasteiger partial charge in [0.05, 0.1) is 6.10 Å². The standard InChI is InChI=1S/C12H17NO3/c1-8(2)16-12(15)10(4)13-6-5-9(3)7-11(13)14/h5-8,10H,1-4H3. The van der Waals surface area contributed by atoms with Gasteiger partial charge in [-0.3, -0.25) is 4.79 Å². The Morgan fingerprint density at radius 2 is 2.00 bits per heavy atom. The third-order valence-electron chi connectivity index (χ3n) is 2.21. The molecule has 0 amide bonds. The lowest BCUT2D eigenvalue weighted by Gasteiger charge is -2.16. The van der Waals surface area contributed by atoms with Crippen LogP contribution in [0, 0.1) is 6.92 Å². The number of pyridine rings is 1. The largest absolute Gasteiger partial charge is 0.461 e. The fourth-order valence-electron chi connectivity index (χ4n) is 1.35. The first kappa shape index (κ1) is 12.5. The number of ether oxygens (including phenoxy) is 1. The normalized spacial score (nSPS) is 12.6. The average molecular weight is 223 g/mol. The van der Waals surface area contributed by atoms with Crippen LogP contribution in [0.5, 0.6) is 0 Å². The number of nitrogens with zero attached hydrogens (tertiary/aromatic N) is 1. The predicted molar refractivity (Wildman–Crippen MR) is 61.4 cm³/mol. The van der Waals surface area contributed by atoms with Crippen LogP contribution in [0.3, 0.4) is 0 Å². The molecule has 4 heteroatoms. The molecule has 88 valence electrons. The molecule has 1 aromatic rings. The molecule has 0 spiro atoms. The fraction of sp³-hybridized carbons (Fsp3) is 0.500. The molecular weight excluding hydrogens is 206 g/mol. The highest BCUT2D eigenvalue weighted by atomic mass is 16.5. The van der Waals surface area contributed by atoms with E-state index in [1.54, 1.807) is 33.0 Å². The van der Waals surface area contributed by atoms with E-state index < -0.39 is 6.04 Å². The van der Waals surface area contributed by atoms with Crippen molar-refractivity contribution in [2.45, 2.75) is 39.8 Å². The van der Waals surface area contributed by atoms with Crippen molar-refractivity contribution >= 4 is 5.97 Å². The Labute approximate surface area is 94.9 Å². The highest BCUT2D eigenvalue weighted by molar-refractivity contribution is 5.73. The minimum absolute atomic E-state index is 0.170. The molecule has 1 aromatic heterocycles. The van der Waals surface area contributed by atoms with Crippen LogP contribution in [0.25, 0.3) is 0 Å². The van der Waals surface area contributed by atoms with E-state index >= 15 is 0 Å². The zero-order valence-electron chi connectivity index (χ0n) is 10.1. The molecule has 0 fully saturated rings. The summed E-state index contributed by atoms with van der Waals surface area (Å²) in [5, 5.41) is 0. The van der Waals surface area contributed by atoms with Gasteiger partial charge in [0.15, 0.2) is 0 Å². The quantitative estimate of drug-likeness (QED) is 0.732. The van der Waals surface area contributed by atoms with Crippen LogP contribution in [0.2, 0.25) is 0 Å². The molecule has 1 rings (SSSR count). The molecule has 0 aromatic carbocycles. The third-order valence-corrected chi connectivity index (χ3v) is 2.21. The van der Waals surface area contributed by atoms with Gasteiger partial charge >= 0.3 is 5.97 Å². The SMILES string of the molecule is Cc1ccn(C(C)C(=O)OC(C)C)c(=O)c1. The van der Waals surface area contributed by atoms with Gasteiger partial charge in [0.1, 0.15) is 6.04 Å². The number of hydrogen-bond donors (Lipinski definition) is 0. The molecule has 4 nitrogen and oxygen atoms in total. The van der Waals surface area contributed by atoms with Crippen LogP contribution in [0.15, 0.2) is 23.1 Å². The molecule has 0 aliphatic carbocycles. The van der Waals surface area contributed by atoms with Gasteiger partial charge in [-0.2, -0.15) is 0 Å². The summed E-state index contributed by atoms with van der Waals surface area (Å²) in [6.07, 6.45) is 1.44. The van der Waals surface area contributed by atoms with Gasteiger partial charge in [0.2, 0.25) is 0 Å². The molecule has 0 radical (unpaired) electrons. The summed E-state index contributed by atoms with van der Waals surface area (Å²) in [7, 11) is 0. The molecule has 1 heterocycles. The van der Waals surface area contributed by atoms with Gasteiger partial charge in [0, 0.05) is 12.3 Å². The van der Waals surface area contributed by atoms with Gasteiger partial charge in [-0.25, -0.2) is 4.79 Å². The van der Waals surface area contributed by atoms with Crippen LogP contribution in [-0.2, 0) is 9.53 Å². The van der Waals surface area contributed by atoms with Crippen molar-refractivity contribution in [2.75, 3.05) is 0 Å². The maximum absolute atomic E-state index is 11.6. The topological polar surface area (TPSA) is 48.3 Å². The van der Waals surface area contributed by atoms with Crippen molar-refractivity contribution in [3.8, 4) is 0 Å². The van der Waals surface area contributed by atoms with Crippen LogP contribution < -0.4 is 5.56 Å². The lowest BCUT2D eigenvalue weighted by Crippen LogP contribution is -2.29. The maximum atomic E-state index is 11.6. The Balaban J connectivity index is 2.92. The third kappa shape index (κ3) is 2.95. The number of carbonyl (C=O) groups is 1. The highest BCUT2D eigenvalue weighted by Crippen LogP contribution is 2.07. The molecule has 0 bridgehead atoms. The van der Waals surface area contributed by atoms with Gasteiger partial charge in [-0.15, -0.1) is 0 Å². The Morgan fingerprint density at radius 1 is 1.38 bits per heavy atom. The zero-order valence-corrected chi connectivity index (χ0v) is 10.1. The summed E-state index contributed by atoms with van der Waals surface area (Å²) < 4.78 is 6.43. The second kappa shape index (κ2) is 4.96. The molecule has 0 saturated carbocycles. The number of esters is 1. The molecule has 0 saturated heterocycles. The Morgan fingerprint density at radius 3 is 2.50 bits per heavy atom. The van der Waals surface area contributed by atoms with Gasteiger partial charge in [-0.1, -0.05) is 0 Å². The fourth-order valence-corrected chi connectivity index (χ4v) is 1.35. The lowest BCUT2D eigenvalue weighted by atomic mass is 10.2. The second-order valence-electron chi connectivity index (χ2n) is 4.11. The summed E-state index contributed by atoms with van der Waals surface area (Å²) in [5.74, 6) is -0.388. The monoisotopic (exact) mass is 223 g/mol. The summed E-state index contributed by atoms with van der Waals surface area (Å²) in [6.45, 7) is 7.05. The van der Waals surface area contributed by atoms with E-state index in [4.69, 9.17) is 4.74 Å². The van der Waals surface area contributed by atoms with E-state index in [1.165, 1.54) is 10.6 Å². The van der Waals surface area contributed by atoms with Crippen molar-refractivity contribution in [3.63, 3.8) is 0 Å². The average Bonchev–Trinajstić information content (AvgIpc) is 2.15. The van der Waals surface area contributed by atoms with Crippen LogP contribution >= 0.6 is 0 Å². The summed E-state index contributed by atoms with van der Waals surface area (Å²) in [5.41, 5.74) is 0.693. The minimum Gasteiger partial charge on any atom is -0.461 e. The second-order valence-corrected chi connectivity index (χ2v) is 4.11. The summed E-state index contributed by atoms with van der Waals surface area (Å²) in [6, 6.07) is 2.70. The number of rotatable bonds is 3. The van der Waals surface area contributed by atoms with E-state index in [0.29, 0.717) is 0 Å². The molecule has 1 unspecified atom stereocenters. The van der Waals surface area contributed by atoms with Crippen LogP contribution in [-0.4, -0.2) is 16.6 Å². The van der Waals surface area contributed by atoms with Crippen LogP contribution in [0.1, 0.15) is 32.4 Å². The number of carbonyl (C=O) groups excluding carboxylic acids is 1. The van der Waals surface area contributed by atoms with Crippen molar-refractivity contribution < 1.29 is 9.53 Å². The van der Waals surface area contributed by atoms with Crippen molar-refractivity contribution in [2.24, 2.45) is 0 Å². The molecule has 0 N–H and O–H groups in total. The Hall–Kier alpha value is -1.58. The minimum atomic E-state index is -0.588. The number of aromatic nitrogens is 1. The Kier molecular flexibility index (Phi) is 3.88. The maximum Gasteiger partial charge on any atom is 0.329 e. The molecule has 0 aliphatic heterocycles. The predicted octanol–water partition coefficient (Wildman–Crippen LogP) is 1.67. The van der Waals surface area contributed by atoms with Crippen molar-refractivity contribution in [1.29, 1.82) is 0 Å². The zero-order chi connectivity index (χ0) is 12.3. The smallest absolute Gasteiger partial charge is 0.329 e. The van der Waals surface area contributed by atoms with Gasteiger partial charge < -0.3 is 9.30 Å². The van der Waals surface area contributed by atoms with Crippen molar-refractivity contribution in [3.05, 3.63) is 34.2 Å². The van der Waals surface area contributed by atoms with E-state index in [0.717, 1.165) is 5.56 Å². The number of hydrogen-bond acceptors (Lipinski definition) is 3. The first-order valence-corrected chi connectivity index (χ1v) is 5.31. The first-order chi connectivity index (χ1) is 7.41. The van der Waals surface area contributed by atoms with Gasteiger partial charge in [0.25, 0.3) is 5.56 Å². The van der Waals surface area contributed by atoms with Crippen LogP contribution in [0.4, 0.5) is 0 Å². The van der Waals surface area contributed by atoms with Crippen molar-refractivity contribution in [1.82, 2.24) is 4.57 Å². The van der Waals surface area contributed by atoms with E-state index in [1.807, 2.05) is 6.92 Å². The lowest BCUT2D eigenvalue weighted by molar-refractivity contribution is -0.151. The summed E-state index contributed by atoms with van der Waals surface area (Å²) >= 11 is 0. The number of aryl methyl sites for hydroxylation is 1. The molecule has 1 atom stereocenters. The molecule has 0 aliphatic rings. The first-order valence-electron chi connectivity index (χ1n) is 5.31. The highest BCUT2D eigenvalue weighted by Gasteiger charge is 2.18. The summed E-state index contributed by atoms with van der Waals surface area (Å²) in [4.78, 5) is 23.2. The molecular formula is C12H17NO3.